The van der Waals surface area contributed by atoms with Crippen LogP contribution < -0.4 is 5.73 Å². The van der Waals surface area contributed by atoms with Crippen molar-refractivity contribution in [2.45, 2.75) is 19.4 Å². The molecular formula is C13H16BrClN2O. The number of hydrogen-bond acceptors (Lipinski definition) is 2. The highest BCUT2D eigenvalue weighted by atomic mass is 79.9. The van der Waals surface area contributed by atoms with Gasteiger partial charge in [-0.1, -0.05) is 34.5 Å². The van der Waals surface area contributed by atoms with E-state index < -0.39 is 0 Å². The second-order valence-corrected chi connectivity index (χ2v) is 6.13. The molecule has 1 aromatic rings. The molecule has 0 saturated carbocycles. The number of rotatable bonds is 1. The number of nitrogens with two attached hydrogens (primary N) is 1. The number of hydrogen-bond donors (Lipinski definition) is 1. The smallest absolute Gasteiger partial charge is 0.255 e. The molecule has 18 heavy (non-hydrogen) atoms. The quantitative estimate of drug-likeness (QED) is 0.860. The van der Waals surface area contributed by atoms with Crippen molar-refractivity contribution in [3.8, 4) is 0 Å². The zero-order valence-corrected chi connectivity index (χ0v) is 12.5. The topological polar surface area (TPSA) is 46.3 Å². The van der Waals surface area contributed by atoms with E-state index in [2.05, 4.69) is 22.9 Å². The van der Waals surface area contributed by atoms with Gasteiger partial charge in [0.15, 0.2) is 0 Å². The van der Waals surface area contributed by atoms with Crippen LogP contribution in [0.1, 0.15) is 23.7 Å². The summed E-state index contributed by atoms with van der Waals surface area (Å²) in [7, 11) is 0. The molecule has 0 spiro atoms. The lowest BCUT2D eigenvalue weighted by atomic mass is 9.94. The molecule has 1 aliphatic rings. The van der Waals surface area contributed by atoms with Crippen molar-refractivity contribution in [2.75, 3.05) is 13.1 Å². The van der Waals surface area contributed by atoms with Crippen LogP contribution in [0.5, 0.6) is 0 Å². The third kappa shape index (κ3) is 2.87. The SMILES string of the molecule is CC1CCN(C(=O)c2cc(Br)ccc2Cl)CC1N. The molecule has 1 saturated heterocycles. The van der Waals surface area contributed by atoms with Gasteiger partial charge in [0.25, 0.3) is 5.91 Å². The van der Waals surface area contributed by atoms with Crippen LogP contribution in [0.25, 0.3) is 0 Å². The lowest BCUT2D eigenvalue weighted by Gasteiger charge is -2.35. The molecule has 0 radical (unpaired) electrons. The fourth-order valence-corrected chi connectivity index (χ4v) is 2.67. The molecule has 0 aliphatic carbocycles. The molecule has 1 heterocycles. The number of benzene rings is 1. The highest BCUT2D eigenvalue weighted by molar-refractivity contribution is 9.10. The van der Waals surface area contributed by atoms with Crippen LogP contribution in [-0.4, -0.2) is 29.9 Å². The molecule has 1 aliphatic heterocycles. The number of likely N-dealkylation sites (tertiary alicyclic amines) is 1. The number of amides is 1. The van der Waals surface area contributed by atoms with Crippen LogP contribution in [0.3, 0.4) is 0 Å². The molecule has 0 aromatic heterocycles. The average Bonchev–Trinajstić information content (AvgIpc) is 2.35. The summed E-state index contributed by atoms with van der Waals surface area (Å²) in [6, 6.07) is 5.36. The van der Waals surface area contributed by atoms with Crippen molar-refractivity contribution < 1.29 is 4.79 Å². The monoisotopic (exact) mass is 330 g/mol. The number of carbonyl (C=O) groups is 1. The van der Waals surface area contributed by atoms with E-state index in [1.807, 2.05) is 6.07 Å². The van der Waals surface area contributed by atoms with Gasteiger partial charge >= 0.3 is 0 Å². The van der Waals surface area contributed by atoms with Gasteiger partial charge in [-0.2, -0.15) is 0 Å². The standard InChI is InChI=1S/C13H16BrClN2O/c1-8-4-5-17(7-12(8)16)13(18)10-6-9(14)2-3-11(10)15/h2-3,6,8,12H,4-5,7,16H2,1H3. The molecule has 3 nitrogen and oxygen atoms in total. The van der Waals surface area contributed by atoms with Crippen molar-refractivity contribution in [1.82, 2.24) is 4.90 Å². The Hall–Kier alpha value is -0.580. The summed E-state index contributed by atoms with van der Waals surface area (Å²) < 4.78 is 0.852. The van der Waals surface area contributed by atoms with Crippen molar-refractivity contribution >= 4 is 33.4 Å². The predicted octanol–water partition coefficient (Wildman–Crippen LogP) is 2.91. The van der Waals surface area contributed by atoms with Gasteiger partial charge in [0.05, 0.1) is 10.6 Å². The molecule has 1 fully saturated rings. The molecule has 2 rings (SSSR count). The summed E-state index contributed by atoms with van der Waals surface area (Å²) in [6.45, 7) is 3.47. The van der Waals surface area contributed by atoms with E-state index in [1.54, 1.807) is 17.0 Å². The minimum atomic E-state index is -0.0383. The number of nitrogens with zero attached hydrogens (tertiary/aromatic N) is 1. The van der Waals surface area contributed by atoms with E-state index in [0.717, 1.165) is 17.4 Å². The molecule has 1 aromatic carbocycles. The van der Waals surface area contributed by atoms with Gasteiger partial charge in [0, 0.05) is 23.6 Å². The zero-order valence-electron chi connectivity index (χ0n) is 10.2. The normalized spacial score (nSPS) is 24.1. The summed E-state index contributed by atoms with van der Waals surface area (Å²) >= 11 is 9.43. The first kappa shape index (κ1) is 13.8. The van der Waals surface area contributed by atoms with Gasteiger partial charge in [0.1, 0.15) is 0 Å². The first-order valence-electron chi connectivity index (χ1n) is 5.99. The summed E-state index contributed by atoms with van der Waals surface area (Å²) in [4.78, 5) is 14.2. The first-order chi connectivity index (χ1) is 8.49. The Balaban J connectivity index is 2.19. The lowest BCUT2D eigenvalue weighted by Crippen LogP contribution is -2.49. The van der Waals surface area contributed by atoms with Crippen LogP contribution in [0.2, 0.25) is 5.02 Å². The number of halogens is 2. The Morgan fingerprint density at radius 1 is 1.56 bits per heavy atom. The summed E-state index contributed by atoms with van der Waals surface area (Å²) in [5, 5.41) is 0.482. The van der Waals surface area contributed by atoms with E-state index in [9.17, 15) is 4.79 Å². The van der Waals surface area contributed by atoms with Gasteiger partial charge in [0.2, 0.25) is 0 Å². The molecule has 2 atom stereocenters. The van der Waals surface area contributed by atoms with Crippen molar-refractivity contribution in [3.63, 3.8) is 0 Å². The van der Waals surface area contributed by atoms with E-state index in [0.29, 0.717) is 23.0 Å². The van der Waals surface area contributed by atoms with Gasteiger partial charge in [-0.15, -0.1) is 0 Å². The maximum atomic E-state index is 12.4. The lowest BCUT2D eigenvalue weighted by molar-refractivity contribution is 0.0672. The van der Waals surface area contributed by atoms with Crippen molar-refractivity contribution in [1.29, 1.82) is 0 Å². The summed E-state index contributed by atoms with van der Waals surface area (Å²) in [5.74, 6) is 0.427. The maximum absolute atomic E-state index is 12.4. The molecule has 0 bridgehead atoms. The van der Waals surface area contributed by atoms with Crippen LogP contribution in [0, 0.1) is 5.92 Å². The number of carbonyl (C=O) groups excluding carboxylic acids is 1. The third-order valence-electron chi connectivity index (χ3n) is 3.46. The van der Waals surface area contributed by atoms with Crippen LogP contribution in [-0.2, 0) is 0 Å². The fourth-order valence-electron chi connectivity index (χ4n) is 2.12. The van der Waals surface area contributed by atoms with Gasteiger partial charge < -0.3 is 10.6 Å². The Bertz CT molecular complexity index is 466. The largest absolute Gasteiger partial charge is 0.337 e. The third-order valence-corrected chi connectivity index (χ3v) is 4.29. The van der Waals surface area contributed by atoms with Crippen molar-refractivity contribution in [3.05, 3.63) is 33.3 Å². The maximum Gasteiger partial charge on any atom is 0.255 e. The Kier molecular flexibility index (Phi) is 4.30. The summed E-state index contributed by atoms with van der Waals surface area (Å²) in [6.07, 6.45) is 0.943. The van der Waals surface area contributed by atoms with Crippen LogP contribution >= 0.6 is 27.5 Å². The molecule has 1 amide bonds. The van der Waals surface area contributed by atoms with Gasteiger partial charge in [-0.3, -0.25) is 4.79 Å². The first-order valence-corrected chi connectivity index (χ1v) is 7.16. The molecule has 5 heteroatoms. The van der Waals surface area contributed by atoms with Crippen molar-refractivity contribution in [2.24, 2.45) is 11.7 Å². The minimum Gasteiger partial charge on any atom is -0.337 e. The molecule has 2 unspecified atom stereocenters. The highest BCUT2D eigenvalue weighted by Gasteiger charge is 2.27. The Labute approximate surface area is 120 Å². The molecular weight excluding hydrogens is 316 g/mol. The van der Waals surface area contributed by atoms with Gasteiger partial charge in [-0.25, -0.2) is 0 Å². The van der Waals surface area contributed by atoms with Crippen LogP contribution in [0.4, 0.5) is 0 Å². The summed E-state index contributed by atoms with van der Waals surface area (Å²) in [5.41, 5.74) is 6.55. The minimum absolute atomic E-state index is 0.0383. The zero-order chi connectivity index (χ0) is 13.3. The fraction of sp³-hybridized carbons (Fsp3) is 0.462. The second kappa shape index (κ2) is 5.59. The Morgan fingerprint density at radius 2 is 2.28 bits per heavy atom. The molecule has 2 N–H and O–H groups in total. The van der Waals surface area contributed by atoms with E-state index in [1.165, 1.54) is 0 Å². The Morgan fingerprint density at radius 3 is 2.94 bits per heavy atom. The predicted molar refractivity (Wildman–Crippen MR) is 76.8 cm³/mol. The number of piperidine rings is 1. The van der Waals surface area contributed by atoms with E-state index in [4.69, 9.17) is 17.3 Å². The van der Waals surface area contributed by atoms with E-state index in [-0.39, 0.29) is 11.9 Å². The average molecular weight is 332 g/mol. The molecule has 98 valence electrons. The van der Waals surface area contributed by atoms with E-state index >= 15 is 0 Å². The highest BCUT2D eigenvalue weighted by Crippen LogP contribution is 2.24. The van der Waals surface area contributed by atoms with Crippen LogP contribution in [0.15, 0.2) is 22.7 Å². The van der Waals surface area contributed by atoms with Gasteiger partial charge in [-0.05, 0) is 30.5 Å². The second-order valence-electron chi connectivity index (χ2n) is 4.81.